The Hall–Kier alpha value is -0.770. The van der Waals surface area contributed by atoms with Gasteiger partial charge in [0, 0.05) is 6.04 Å². The lowest BCUT2D eigenvalue weighted by Crippen LogP contribution is -2.52. The maximum Gasteiger partial charge on any atom is 0.315 e. The van der Waals surface area contributed by atoms with Crippen molar-refractivity contribution in [2.24, 2.45) is 0 Å². The topological polar surface area (TPSA) is 61.4 Å². The van der Waals surface area contributed by atoms with Gasteiger partial charge in [0.1, 0.15) is 0 Å². The van der Waals surface area contributed by atoms with Gasteiger partial charge in [-0.15, -0.1) is 0 Å². The minimum absolute atomic E-state index is 0.0262. The smallest absolute Gasteiger partial charge is 0.315 e. The summed E-state index contributed by atoms with van der Waals surface area (Å²) in [5.74, 6) is 0. The molecule has 1 rings (SSSR count). The number of aliphatic hydroxyl groups is 1. The molecule has 13 heavy (non-hydrogen) atoms. The van der Waals surface area contributed by atoms with Crippen LogP contribution in [0.3, 0.4) is 0 Å². The Morgan fingerprint density at radius 3 is 2.62 bits per heavy atom. The van der Waals surface area contributed by atoms with E-state index in [-0.39, 0.29) is 12.6 Å². The van der Waals surface area contributed by atoms with Crippen LogP contribution in [0.5, 0.6) is 0 Å². The van der Waals surface area contributed by atoms with Crippen molar-refractivity contribution >= 4 is 6.03 Å². The molecule has 0 aromatic carbocycles. The van der Waals surface area contributed by atoms with E-state index in [1.165, 1.54) is 0 Å². The van der Waals surface area contributed by atoms with Crippen LogP contribution < -0.4 is 10.6 Å². The average molecular weight is 186 g/mol. The van der Waals surface area contributed by atoms with E-state index in [0.29, 0.717) is 6.04 Å². The summed E-state index contributed by atoms with van der Waals surface area (Å²) in [4.78, 5) is 11.3. The predicted octanol–water partition coefficient (Wildman–Crippen LogP) is 0.609. The van der Waals surface area contributed by atoms with Crippen molar-refractivity contribution < 1.29 is 9.90 Å². The first kappa shape index (κ1) is 10.3. The van der Waals surface area contributed by atoms with E-state index < -0.39 is 5.54 Å². The highest BCUT2D eigenvalue weighted by molar-refractivity contribution is 5.75. The zero-order valence-electron chi connectivity index (χ0n) is 8.26. The van der Waals surface area contributed by atoms with Gasteiger partial charge in [0.2, 0.25) is 0 Å². The molecule has 1 atom stereocenters. The van der Waals surface area contributed by atoms with Crippen LogP contribution in [0.25, 0.3) is 0 Å². The van der Waals surface area contributed by atoms with Crippen LogP contribution in [-0.2, 0) is 0 Å². The van der Waals surface area contributed by atoms with Crippen LogP contribution >= 0.6 is 0 Å². The number of nitrogens with one attached hydrogen (secondary N) is 2. The SMILES string of the molecule is CCC(C)(CO)NC(=O)NC1CC1. The molecule has 1 aliphatic rings. The first-order valence-electron chi connectivity index (χ1n) is 4.79. The van der Waals surface area contributed by atoms with E-state index in [0.717, 1.165) is 19.3 Å². The van der Waals surface area contributed by atoms with Crippen LogP contribution in [-0.4, -0.2) is 29.3 Å². The summed E-state index contributed by atoms with van der Waals surface area (Å²) in [5, 5.41) is 14.6. The van der Waals surface area contributed by atoms with Crippen molar-refractivity contribution in [2.75, 3.05) is 6.61 Å². The summed E-state index contributed by atoms with van der Waals surface area (Å²) in [6.45, 7) is 3.74. The van der Waals surface area contributed by atoms with Crippen molar-refractivity contribution in [1.29, 1.82) is 0 Å². The van der Waals surface area contributed by atoms with Gasteiger partial charge in [0.15, 0.2) is 0 Å². The summed E-state index contributed by atoms with van der Waals surface area (Å²) in [6.07, 6.45) is 2.88. The Bertz CT molecular complexity index is 186. The minimum atomic E-state index is -0.487. The van der Waals surface area contributed by atoms with Gasteiger partial charge < -0.3 is 15.7 Å². The highest BCUT2D eigenvalue weighted by Crippen LogP contribution is 2.18. The normalized spacial score (nSPS) is 20.5. The number of carbonyl (C=O) groups excluding carboxylic acids is 1. The number of urea groups is 1. The second-order valence-electron chi connectivity index (χ2n) is 3.95. The van der Waals surface area contributed by atoms with Gasteiger partial charge >= 0.3 is 6.03 Å². The third kappa shape index (κ3) is 3.22. The van der Waals surface area contributed by atoms with E-state index in [2.05, 4.69) is 10.6 Å². The third-order valence-corrected chi connectivity index (χ3v) is 2.46. The molecule has 0 aromatic heterocycles. The van der Waals surface area contributed by atoms with Crippen molar-refractivity contribution in [3.63, 3.8) is 0 Å². The zero-order valence-corrected chi connectivity index (χ0v) is 8.26. The Kier molecular flexibility index (Phi) is 3.14. The lowest BCUT2D eigenvalue weighted by Gasteiger charge is -2.27. The van der Waals surface area contributed by atoms with E-state index in [9.17, 15) is 4.79 Å². The maximum atomic E-state index is 11.3. The summed E-state index contributed by atoms with van der Waals surface area (Å²) in [5.41, 5.74) is -0.487. The standard InChI is InChI=1S/C9H18N2O2/c1-3-9(2,6-12)11-8(13)10-7-4-5-7/h7,12H,3-6H2,1-2H3,(H2,10,11,13). The third-order valence-electron chi connectivity index (χ3n) is 2.46. The molecule has 0 saturated heterocycles. The number of hydrogen-bond donors (Lipinski definition) is 3. The first-order chi connectivity index (χ1) is 6.09. The molecule has 0 radical (unpaired) electrons. The van der Waals surface area contributed by atoms with Crippen LogP contribution in [0, 0.1) is 0 Å². The molecule has 1 fully saturated rings. The summed E-state index contributed by atoms with van der Waals surface area (Å²) < 4.78 is 0. The Morgan fingerprint density at radius 1 is 1.62 bits per heavy atom. The van der Waals surface area contributed by atoms with Crippen molar-refractivity contribution in [2.45, 2.75) is 44.7 Å². The number of aliphatic hydroxyl groups excluding tert-OH is 1. The number of amides is 2. The average Bonchev–Trinajstić information content (AvgIpc) is 2.88. The molecule has 0 spiro atoms. The quantitative estimate of drug-likeness (QED) is 0.602. The second kappa shape index (κ2) is 3.96. The number of rotatable bonds is 4. The molecule has 1 aliphatic carbocycles. The molecule has 4 heteroatoms. The molecule has 3 N–H and O–H groups in total. The van der Waals surface area contributed by atoms with E-state index in [1.54, 1.807) is 0 Å². The lowest BCUT2D eigenvalue weighted by molar-refractivity contribution is 0.167. The molecule has 0 aromatic rings. The predicted molar refractivity (Wildman–Crippen MR) is 50.5 cm³/mol. The van der Waals surface area contributed by atoms with Crippen LogP contribution in [0.1, 0.15) is 33.1 Å². The zero-order chi connectivity index (χ0) is 9.90. The largest absolute Gasteiger partial charge is 0.394 e. The molecular weight excluding hydrogens is 168 g/mol. The van der Waals surface area contributed by atoms with Crippen LogP contribution in [0.2, 0.25) is 0 Å². The minimum Gasteiger partial charge on any atom is -0.394 e. The highest BCUT2D eigenvalue weighted by atomic mass is 16.3. The lowest BCUT2D eigenvalue weighted by atomic mass is 10.0. The van der Waals surface area contributed by atoms with Crippen LogP contribution in [0.4, 0.5) is 4.79 Å². The fourth-order valence-corrected chi connectivity index (χ4v) is 0.963. The summed E-state index contributed by atoms with van der Waals surface area (Å²) in [6, 6.07) is 0.195. The molecule has 0 bridgehead atoms. The Morgan fingerprint density at radius 2 is 2.23 bits per heavy atom. The second-order valence-corrected chi connectivity index (χ2v) is 3.95. The maximum absolute atomic E-state index is 11.3. The monoisotopic (exact) mass is 186 g/mol. The van der Waals surface area contributed by atoms with Crippen molar-refractivity contribution in [1.82, 2.24) is 10.6 Å². The van der Waals surface area contributed by atoms with E-state index in [4.69, 9.17) is 5.11 Å². The van der Waals surface area contributed by atoms with Gasteiger partial charge in [-0.1, -0.05) is 6.92 Å². The molecule has 4 nitrogen and oxygen atoms in total. The Labute approximate surface area is 78.7 Å². The van der Waals surface area contributed by atoms with Gasteiger partial charge in [-0.3, -0.25) is 0 Å². The van der Waals surface area contributed by atoms with Gasteiger partial charge in [-0.2, -0.15) is 0 Å². The molecule has 1 saturated carbocycles. The molecule has 0 aliphatic heterocycles. The summed E-state index contributed by atoms with van der Waals surface area (Å²) >= 11 is 0. The van der Waals surface area contributed by atoms with E-state index in [1.807, 2.05) is 13.8 Å². The summed E-state index contributed by atoms with van der Waals surface area (Å²) in [7, 11) is 0. The van der Waals surface area contributed by atoms with Crippen molar-refractivity contribution in [3.8, 4) is 0 Å². The molecule has 2 amide bonds. The number of carbonyl (C=O) groups is 1. The van der Waals surface area contributed by atoms with Gasteiger partial charge in [0.25, 0.3) is 0 Å². The molecule has 0 heterocycles. The van der Waals surface area contributed by atoms with Gasteiger partial charge in [-0.05, 0) is 26.2 Å². The van der Waals surface area contributed by atoms with Crippen molar-refractivity contribution in [3.05, 3.63) is 0 Å². The fourth-order valence-electron chi connectivity index (χ4n) is 0.963. The fraction of sp³-hybridized carbons (Fsp3) is 0.889. The number of hydrogen-bond acceptors (Lipinski definition) is 2. The molecule has 1 unspecified atom stereocenters. The van der Waals surface area contributed by atoms with Gasteiger partial charge in [-0.25, -0.2) is 4.79 Å². The van der Waals surface area contributed by atoms with Crippen LogP contribution in [0.15, 0.2) is 0 Å². The Balaban J connectivity index is 2.31. The molecular formula is C9H18N2O2. The van der Waals surface area contributed by atoms with E-state index >= 15 is 0 Å². The highest BCUT2D eigenvalue weighted by Gasteiger charge is 2.27. The molecule has 76 valence electrons. The van der Waals surface area contributed by atoms with Gasteiger partial charge in [0.05, 0.1) is 12.1 Å². The first-order valence-corrected chi connectivity index (χ1v) is 4.79.